The maximum Gasteiger partial charge on any atom is 0.320 e. The maximum absolute atomic E-state index is 12.8. The quantitative estimate of drug-likeness (QED) is 0.247. The minimum Gasteiger partial charge on any atom is -0.439 e. The standard InChI is InChI=1S/C25H28ClN7O2/c1-17(26)30-23(11-12-27)35-20-10-6-5-8-18(20)15-29-24(34)31-22-14-21(25(2,3)4)32-33(22)19-9-7-13-28-16-19/h5-14,16H,1,15,27H2,2-4H3,(H2,29,31,34)/b12-11-,30-23?. The third kappa shape index (κ3) is 7.18. The lowest BCUT2D eigenvalue weighted by atomic mass is 9.92. The molecule has 0 spiro atoms. The van der Waals surface area contributed by atoms with E-state index in [0.29, 0.717) is 11.6 Å². The van der Waals surface area contributed by atoms with Crippen LogP contribution in [-0.4, -0.2) is 26.7 Å². The number of anilines is 1. The highest BCUT2D eigenvalue weighted by atomic mass is 35.5. The molecule has 0 unspecified atom stereocenters. The fraction of sp³-hybridized carbons (Fsp3) is 0.200. The number of nitrogens with zero attached hydrogens (tertiary/aromatic N) is 4. The van der Waals surface area contributed by atoms with Gasteiger partial charge in [0.15, 0.2) is 0 Å². The minimum atomic E-state index is -0.407. The molecule has 2 heterocycles. The molecule has 3 aromatic rings. The highest BCUT2D eigenvalue weighted by Gasteiger charge is 2.21. The Labute approximate surface area is 209 Å². The average molecular weight is 494 g/mol. The van der Waals surface area contributed by atoms with Gasteiger partial charge in [0.1, 0.15) is 16.7 Å². The van der Waals surface area contributed by atoms with Gasteiger partial charge in [0.2, 0.25) is 5.90 Å². The highest BCUT2D eigenvalue weighted by molar-refractivity contribution is 6.29. The van der Waals surface area contributed by atoms with Crippen LogP contribution in [0.1, 0.15) is 32.0 Å². The number of nitrogens with one attached hydrogen (secondary N) is 2. The summed E-state index contributed by atoms with van der Waals surface area (Å²) in [6, 6.07) is 12.3. The van der Waals surface area contributed by atoms with Crippen molar-refractivity contribution >= 4 is 29.3 Å². The number of urea groups is 1. The number of nitrogens with two attached hydrogens (primary N) is 1. The molecule has 0 bridgehead atoms. The molecular formula is C25H28ClN7O2. The Bertz CT molecular complexity index is 1240. The van der Waals surface area contributed by atoms with Crippen LogP contribution in [0.15, 0.2) is 83.9 Å². The van der Waals surface area contributed by atoms with Crippen LogP contribution in [0.3, 0.4) is 0 Å². The van der Waals surface area contributed by atoms with Crippen molar-refractivity contribution in [3.05, 3.63) is 90.1 Å². The number of pyridine rings is 1. The van der Waals surface area contributed by atoms with Crippen LogP contribution >= 0.6 is 11.6 Å². The van der Waals surface area contributed by atoms with E-state index in [4.69, 9.17) is 22.1 Å². The Kier molecular flexibility index (Phi) is 8.27. The lowest BCUT2D eigenvalue weighted by molar-refractivity contribution is 0.251. The summed E-state index contributed by atoms with van der Waals surface area (Å²) in [7, 11) is 0. The van der Waals surface area contributed by atoms with Gasteiger partial charge in [-0.15, -0.1) is 0 Å². The zero-order chi connectivity index (χ0) is 25.4. The van der Waals surface area contributed by atoms with E-state index in [-0.39, 0.29) is 23.0 Å². The number of aliphatic imine (C=N–C) groups is 1. The van der Waals surface area contributed by atoms with Gasteiger partial charge in [-0.25, -0.2) is 14.5 Å². The van der Waals surface area contributed by atoms with Crippen molar-refractivity contribution in [1.82, 2.24) is 20.1 Å². The van der Waals surface area contributed by atoms with Crippen LogP contribution in [0.25, 0.3) is 5.69 Å². The monoisotopic (exact) mass is 493 g/mol. The second-order valence-corrected chi connectivity index (χ2v) is 8.93. The Morgan fingerprint density at radius 2 is 2.06 bits per heavy atom. The van der Waals surface area contributed by atoms with Crippen molar-refractivity contribution in [3.8, 4) is 11.4 Å². The summed E-state index contributed by atoms with van der Waals surface area (Å²) in [5, 5.41) is 10.5. The second kappa shape index (κ2) is 11.3. The number of carbonyl (C=O) groups excluding carboxylic acids is 1. The fourth-order valence-electron chi connectivity index (χ4n) is 3.01. The van der Waals surface area contributed by atoms with Gasteiger partial charge in [-0.05, 0) is 24.4 Å². The van der Waals surface area contributed by atoms with Gasteiger partial charge in [-0.3, -0.25) is 10.3 Å². The van der Waals surface area contributed by atoms with Gasteiger partial charge in [-0.1, -0.05) is 57.2 Å². The summed E-state index contributed by atoms with van der Waals surface area (Å²) >= 11 is 5.77. The number of rotatable bonds is 7. The largest absolute Gasteiger partial charge is 0.439 e. The van der Waals surface area contributed by atoms with E-state index in [1.165, 1.54) is 12.3 Å². The Hall–Kier alpha value is -4.11. The molecule has 3 rings (SSSR count). The summed E-state index contributed by atoms with van der Waals surface area (Å²) in [5.41, 5.74) is 7.54. The van der Waals surface area contributed by atoms with E-state index in [9.17, 15) is 4.79 Å². The van der Waals surface area contributed by atoms with Gasteiger partial charge < -0.3 is 15.8 Å². The molecule has 4 N–H and O–H groups in total. The second-order valence-electron chi connectivity index (χ2n) is 8.49. The number of hydrogen-bond acceptors (Lipinski definition) is 6. The topological polar surface area (TPSA) is 119 Å². The zero-order valence-corrected chi connectivity index (χ0v) is 20.6. The summed E-state index contributed by atoms with van der Waals surface area (Å²) in [4.78, 5) is 21.0. The maximum atomic E-state index is 12.8. The first kappa shape index (κ1) is 25.5. The van der Waals surface area contributed by atoms with Crippen molar-refractivity contribution in [1.29, 1.82) is 0 Å². The van der Waals surface area contributed by atoms with Crippen molar-refractivity contribution in [2.24, 2.45) is 10.7 Å². The molecule has 2 aromatic heterocycles. The summed E-state index contributed by atoms with van der Waals surface area (Å²) in [5.74, 6) is 1.17. The molecule has 10 heteroatoms. The van der Waals surface area contributed by atoms with Crippen molar-refractivity contribution in [2.75, 3.05) is 5.32 Å². The molecule has 0 aliphatic heterocycles. The lowest BCUT2D eigenvalue weighted by Crippen LogP contribution is -2.29. The van der Waals surface area contributed by atoms with Crippen molar-refractivity contribution in [2.45, 2.75) is 32.7 Å². The van der Waals surface area contributed by atoms with Crippen LogP contribution in [0.4, 0.5) is 10.6 Å². The fourth-order valence-corrected chi connectivity index (χ4v) is 3.09. The molecular weight excluding hydrogens is 466 g/mol. The first-order valence-electron chi connectivity index (χ1n) is 10.8. The van der Waals surface area contributed by atoms with Crippen LogP contribution in [-0.2, 0) is 12.0 Å². The summed E-state index contributed by atoms with van der Waals surface area (Å²) in [6.07, 6.45) is 6.10. The molecule has 2 amide bonds. The molecule has 182 valence electrons. The van der Waals surface area contributed by atoms with E-state index in [2.05, 4.69) is 53.1 Å². The van der Waals surface area contributed by atoms with Gasteiger partial charge in [0.25, 0.3) is 0 Å². The molecule has 0 aliphatic carbocycles. The smallest absolute Gasteiger partial charge is 0.320 e. The Morgan fingerprint density at radius 3 is 2.71 bits per heavy atom. The third-order valence-corrected chi connectivity index (χ3v) is 4.79. The molecule has 35 heavy (non-hydrogen) atoms. The van der Waals surface area contributed by atoms with E-state index in [1.807, 2.05) is 30.3 Å². The number of halogens is 1. The number of carbonyl (C=O) groups is 1. The van der Waals surface area contributed by atoms with Gasteiger partial charge in [-0.2, -0.15) is 5.10 Å². The normalized spacial score (nSPS) is 11.9. The third-order valence-electron chi connectivity index (χ3n) is 4.71. The average Bonchev–Trinajstić information content (AvgIpc) is 3.23. The molecule has 0 saturated carbocycles. The Morgan fingerprint density at radius 1 is 1.29 bits per heavy atom. The van der Waals surface area contributed by atoms with Gasteiger partial charge >= 0.3 is 6.03 Å². The van der Waals surface area contributed by atoms with Crippen molar-refractivity contribution < 1.29 is 9.53 Å². The molecule has 1 aromatic carbocycles. The first-order chi connectivity index (χ1) is 16.7. The Balaban J connectivity index is 1.76. The first-order valence-corrected chi connectivity index (χ1v) is 11.2. The van der Waals surface area contributed by atoms with Gasteiger partial charge in [0, 0.05) is 35.9 Å². The van der Waals surface area contributed by atoms with Crippen LogP contribution in [0.5, 0.6) is 5.75 Å². The van der Waals surface area contributed by atoms with E-state index < -0.39 is 6.03 Å². The molecule has 0 saturated heterocycles. The highest BCUT2D eigenvalue weighted by Crippen LogP contribution is 2.26. The van der Waals surface area contributed by atoms with E-state index >= 15 is 0 Å². The van der Waals surface area contributed by atoms with E-state index in [1.54, 1.807) is 29.2 Å². The van der Waals surface area contributed by atoms with Crippen LogP contribution < -0.4 is 21.1 Å². The van der Waals surface area contributed by atoms with Gasteiger partial charge in [0.05, 0.1) is 17.6 Å². The number of benzene rings is 1. The lowest BCUT2D eigenvalue weighted by Gasteiger charge is -2.14. The van der Waals surface area contributed by atoms with E-state index in [0.717, 1.165) is 16.9 Å². The molecule has 0 radical (unpaired) electrons. The number of ether oxygens (including phenoxy) is 1. The van der Waals surface area contributed by atoms with Crippen LogP contribution in [0, 0.1) is 0 Å². The summed E-state index contributed by atoms with van der Waals surface area (Å²) < 4.78 is 7.47. The summed E-state index contributed by atoms with van der Waals surface area (Å²) in [6.45, 7) is 9.89. The zero-order valence-electron chi connectivity index (χ0n) is 19.8. The van der Waals surface area contributed by atoms with Crippen LogP contribution in [0.2, 0.25) is 0 Å². The predicted molar refractivity (Wildman–Crippen MR) is 139 cm³/mol. The SMILES string of the molecule is C=C(Cl)N=C(/C=C\N)Oc1ccccc1CNC(=O)Nc1cc(C(C)(C)C)nn1-c1cccnc1. The number of para-hydroxylation sites is 1. The van der Waals surface area contributed by atoms with Crippen molar-refractivity contribution in [3.63, 3.8) is 0 Å². The molecule has 0 atom stereocenters. The molecule has 0 aliphatic rings. The molecule has 9 nitrogen and oxygen atoms in total. The number of hydrogen-bond donors (Lipinski definition) is 3. The number of aromatic nitrogens is 3. The minimum absolute atomic E-state index is 0.0490. The predicted octanol–water partition coefficient (Wildman–Crippen LogP) is 4.85. The molecule has 0 fully saturated rings. The number of amides is 2.